The average Bonchev–Trinajstić information content (AvgIpc) is 3.18. The molecule has 9 heteroatoms. The molecule has 3 amide bonds. The van der Waals surface area contributed by atoms with Gasteiger partial charge in [0, 0.05) is 15.7 Å². The highest BCUT2D eigenvalue weighted by Crippen LogP contribution is 2.37. The smallest absolute Gasteiger partial charge is 0.294 e. The van der Waals surface area contributed by atoms with Gasteiger partial charge in [0.2, 0.25) is 5.91 Å². The van der Waals surface area contributed by atoms with E-state index in [1.165, 1.54) is 0 Å². The molecular weight excluding hydrogens is 588 g/mol. The van der Waals surface area contributed by atoms with Crippen LogP contribution in [0.4, 0.5) is 10.5 Å². The van der Waals surface area contributed by atoms with Crippen LogP contribution in [0.5, 0.6) is 5.75 Å². The van der Waals surface area contributed by atoms with E-state index in [4.69, 9.17) is 16.3 Å². The first kappa shape index (κ1) is 26.0. The molecule has 0 aromatic heterocycles. The second-order valence-electron chi connectivity index (χ2n) is 8.42. The van der Waals surface area contributed by atoms with Crippen molar-refractivity contribution in [3.63, 3.8) is 0 Å². The number of carbonyl (C=O) groups excluding carboxylic acids is 3. The third-order valence-electron chi connectivity index (χ3n) is 5.82. The molecule has 1 aliphatic rings. The largest absolute Gasteiger partial charge is 0.488 e. The lowest BCUT2D eigenvalue weighted by molar-refractivity contribution is -0.127. The van der Waals surface area contributed by atoms with Gasteiger partial charge in [0.15, 0.2) is 0 Å². The number of imide groups is 1. The van der Waals surface area contributed by atoms with Gasteiger partial charge in [0.25, 0.3) is 11.1 Å². The Bertz CT molecular complexity index is 1590. The Balaban J connectivity index is 1.39. The van der Waals surface area contributed by atoms with Crippen LogP contribution < -0.4 is 10.1 Å². The minimum Gasteiger partial charge on any atom is -0.488 e. The number of hydrogen-bond donors (Lipinski definition) is 1. The van der Waals surface area contributed by atoms with Gasteiger partial charge in [-0.1, -0.05) is 72.3 Å². The number of ether oxygens (including phenoxy) is 1. The van der Waals surface area contributed by atoms with Gasteiger partial charge >= 0.3 is 0 Å². The van der Waals surface area contributed by atoms with Crippen LogP contribution >= 0.6 is 39.3 Å². The zero-order valence-electron chi connectivity index (χ0n) is 19.8. The maximum Gasteiger partial charge on any atom is 0.294 e. The molecular formula is C29H20BrClN2O4S. The van der Waals surface area contributed by atoms with E-state index >= 15 is 0 Å². The molecule has 38 heavy (non-hydrogen) atoms. The second-order valence-corrected chi connectivity index (χ2v) is 10.7. The van der Waals surface area contributed by atoms with Crippen molar-refractivity contribution in [2.24, 2.45) is 0 Å². The molecule has 1 N–H and O–H groups in total. The first-order valence-corrected chi connectivity index (χ1v) is 13.6. The third kappa shape index (κ3) is 5.78. The molecule has 4 aromatic rings. The standard InChI is InChI=1S/C29H20BrClN2O4S/c30-23-12-11-20(14-24(23)31)32-27(34)16-33-28(35)26(38-29(33)36)15-22-21-9-5-4-8-19(21)10-13-25(22)37-17-18-6-2-1-3-7-18/h1-15H,16-17H2,(H,32,34)/b26-15+. The highest BCUT2D eigenvalue weighted by Gasteiger charge is 2.36. The molecule has 1 aliphatic heterocycles. The number of carbonyl (C=O) groups is 3. The zero-order valence-corrected chi connectivity index (χ0v) is 23.0. The Hall–Kier alpha value is -3.59. The normalized spacial score (nSPS) is 14.4. The van der Waals surface area contributed by atoms with E-state index in [2.05, 4.69) is 21.2 Å². The number of amides is 3. The van der Waals surface area contributed by atoms with Crippen LogP contribution in [0.2, 0.25) is 5.02 Å². The number of anilines is 1. The molecule has 5 rings (SSSR count). The summed E-state index contributed by atoms with van der Waals surface area (Å²) >= 11 is 10.2. The number of halogens is 2. The van der Waals surface area contributed by atoms with Gasteiger partial charge in [-0.05, 0) is 74.4 Å². The molecule has 0 unspecified atom stereocenters. The summed E-state index contributed by atoms with van der Waals surface area (Å²) in [5.41, 5.74) is 2.16. The lowest BCUT2D eigenvalue weighted by Gasteiger charge is -2.14. The lowest BCUT2D eigenvalue weighted by Crippen LogP contribution is -2.36. The van der Waals surface area contributed by atoms with Gasteiger partial charge in [0.05, 0.1) is 9.93 Å². The van der Waals surface area contributed by atoms with Crippen molar-refractivity contribution in [3.05, 3.63) is 110 Å². The fraction of sp³-hybridized carbons (Fsp3) is 0.0690. The number of benzene rings is 4. The number of hydrogen-bond acceptors (Lipinski definition) is 5. The second kappa shape index (κ2) is 11.4. The molecule has 0 atom stereocenters. The topological polar surface area (TPSA) is 75.7 Å². The summed E-state index contributed by atoms with van der Waals surface area (Å²) in [5.74, 6) is -0.459. The Morgan fingerprint density at radius 3 is 2.55 bits per heavy atom. The predicted octanol–water partition coefficient (Wildman–Crippen LogP) is 7.51. The van der Waals surface area contributed by atoms with Crippen molar-refractivity contribution < 1.29 is 19.1 Å². The van der Waals surface area contributed by atoms with Crippen LogP contribution in [0.3, 0.4) is 0 Å². The molecule has 0 bridgehead atoms. The quantitative estimate of drug-likeness (QED) is 0.220. The van der Waals surface area contributed by atoms with Crippen molar-refractivity contribution in [1.82, 2.24) is 4.90 Å². The third-order valence-corrected chi connectivity index (χ3v) is 7.96. The van der Waals surface area contributed by atoms with Gasteiger partial charge in [0.1, 0.15) is 18.9 Å². The zero-order chi connectivity index (χ0) is 26.6. The van der Waals surface area contributed by atoms with E-state index < -0.39 is 23.6 Å². The van der Waals surface area contributed by atoms with E-state index in [9.17, 15) is 14.4 Å². The molecule has 6 nitrogen and oxygen atoms in total. The SMILES string of the molecule is O=C(CN1C(=O)S/C(=C/c2c(OCc3ccccc3)ccc3ccccc23)C1=O)Nc1ccc(Br)c(Cl)c1. The van der Waals surface area contributed by atoms with E-state index in [0.717, 1.165) is 33.0 Å². The van der Waals surface area contributed by atoms with Crippen molar-refractivity contribution in [1.29, 1.82) is 0 Å². The molecule has 0 radical (unpaired) electrons. The molecule has 0 aliphatic carbocycles. The maximum absolute atomic E-state index is 13.2. The van der Waals surface area contributed by atoms with E-state index in [0.29, 0.717) is 33.1 Å². The van der Waals surface area contributed by atoms with Crippen LogP contribution in [0.25, 0.3) is 16.8 Å². The summed E-state index contributed by atoms with van der Waals surface area (Å²) < 4.78 is 6.83. The minimum absolute atomic E-state index is 0.218. The van der Waals surface area contributed by atoms with Crippen molar-refractivity contribution in [3.8, 4) is 5.75 Å². The van der Waals surface area contributed by atoms with Crippen LogP contribution in [0.15, 0.2) is 94.3 Å². The van der Waals surface area contributed by atoms with Crippen molar-refractivity contribution in [2.75, 3.05) is 11.9 Å². The van der Waals surface area contributed by atoms with E-state index in [-0.39, 0.29) is 4.91 Å². The number of nitrogens with one attached hydrogen (secondary N) is 1. The molecule has 190 valence electrons. The predicted molar refractivity (Wildman–Crippen MR) is 155 cm³/mol. The fourth-order valence-corrected chi connectivity index (χ4v) is 5.22. The van der Waals surface area contributed by atoms with Crippen molar-refractivity contribution in [2.45, 2.75) is 6.61 Å². The molecule has 1 heterocycles. The fourth-order valence-electron chi connectivity index (χ4n) is 3.97. The Labute approximate surface area is 236 Å². The highest BCUT2D eigenvalue weighted by molar-refractivity contribution is 9.10. The monoisotopic (exact) mass is 606 g/mol. The number of fused-ring (bicyclic) bond motifs is 1. The van der Waals surface area contributed by atoms with Crippen LogP contribution in [-0.2, 0) is 16.2 Å². The summed E-state index contributed by atoms with van der Waals surface area (Å²) in [7, 11) is 0. The summed E-state index contributed by atoms with van der Waals surface area (Å²) in [6, 6.07) is 26.3. The highest BCUT2D eigenvalue weighted by atomic mass is 79.9. The summed E-state index contributed by atoms with van der Waals surface area (Å²) in [4.78, 5) is 39.7. The van der Waals surface area contributed by atoms with Crippen LogP contribution in [-0.4, -0.2) is 28.5 Å². The first-order valence-electron chi connectivity index (χ1n) is 11.6. The number of thioether (sulfide) groups is 1. The molecule has 4 aromatic carbocycles. The summed E-state index contributed by atoms with van der Waals surface area (Å²) in [6.45, 7) is -0.0651. The van der Waals surface area contributed by atoms with Gasteiger partial charge in [-0.3, -0.25) is 19.3 Å². The first-order chi connectivity index (χ1) is 18.4. The lowest BCUT2D eigenvalue weighted by atomic mass is 10.0. The number of rotatable bonds is 7. The Morgan fingerprint density at radius 2 is 1.76 bits per heavy atom. The Morgan fingerprint density at radius 1 is 1.00 bits per heavy atom. The molecule has 0 spiro atoms. The van der Waals surface area contributed by atoms with E-state index in [1.807, 2.05) is 66.7 Å². The Kier molecular flexibility index (Phi) is 7.83. The molecule has 1 saturated heterocycles. The molecule has 1 fully saturated rings. The summed E-state index contributed by atoms with van der Waals surface area (Å²) in [5, 5.41) is 4.43. The minimum atomic E-state index is -0.536. The van der Waals surface area contributed by atoms with Crippen LogP contribution in [0.1, 0.15) is 11.1 Å². The van der Waals surface area contributed by atoms with Gasteiger partial charge in [-0.2, -0.15) is 0 Å². The number of nitrogens with zero attached hydrogens (tertiary/aromatic N) is 1. The average molecular weight is 608 g/mol. The molecule has 0 saturated carbocycles. The van der Waals surface area contributed by atoms with Crippen LogP contribution in [0, 0.1) is 0 Å². The van der Waals surface area contributed by atoms with Gasteiger partial charge in [-0.25, -0.2) is 0 Å². The van der Waals surface area contributed by atoms with E-state index in [1.54, 1.807) is 24.3 Å². The van der Waals surface area contributed by atoms with Crippen molar-refractivity contribution >= 4 is 78.9 Å². The summed E-state index contributed by atoms with van der Waals surface area (Å²) in [6.07, 6.45) is 1.67. The van der Waals surface area contributed by atoms with Gasteiger partial charge < -0.3 is 10.1 Å². The van der Waals surface area contributed by atoms with Gasteiger partial charge in [-0.15, -0.1) is 0 Å². The maximum atomic E-state index is 13.2.